The Morgan fingerprint density at radius 2 is 1.70 bits per heavy atom. The van der Waals surface area contributed by atoms with E-state index in [4.69, 9.17) is 0 Å². The number of fused-ring (bicyclic) bond motifs is 1. The molecule has 0 aromatic heterocycles. The third-order valence-corrected chi connectivity index (χ3v) is 5.39. The number of anilines is 1. The fraction of sp³-hybridized carbons (Fsp3) is 0.217. The summed E-state index contributed by atoms with van der Waals surface area (Å²) in [6, 6.07) is 14.8. The third-order valence-electron chi connectivity index (χ3n) is 5.39. The number of carbonyl (C=O) groups is 2. The summed E-state index contributed by atoms with van der Waals surface area (Å²) in [5.41, 5.74) is 0.136. The van der Waals surface area contributed by atoms with E-state index < -0.39 is 35.0 Å². The lowest BCUT2D eigenvalue weighted by atomic mass is 9.95. The first-order valence-electron chi connectivity index (χ1n) is 9.67. The van der Waals surface area contributed by atoms with E-state index in [1.165, 1.54) is 0 Å². The minimum atomic E-state index is -1.63. The lowest BCUT2D eigenvalue weighted by Crippen LogP contribution is -2.43. The normalized spacial score (nSPS) is 16.5. The van der Waals surface area contributed by atoms with Crippen LogP contribution in [0.5, 0.6) is 0 Å². The highest BCUT2D eigenvalue weighted by Crippen LogP contribution is 2.25. The fourth-order valence-electron chi connectivity index (χ4n) is 3.82. The van der Waals surface area contributed by atoms with Gasteiger partial charge in [0, 0.05) is 18.7 Å². The Hall–Kier alpha value is -3.35. The lowest BCUT2D eigenvalue weighted by molar-refractivity contribution is -0.121. The van der Waals surface area contributed by atoms with Crippen LogP contribution in [0.3, 0.4) is 0 Å². The van der Waals surface area contributed by atoms with Gasteiger partial charge in [-0.25, -0.2) is 13.2 Å². The number of nitrogens with one attached hydrogen (secondary N) is 1. The van der Waals surface area contributed by atoms with Gasteiger partial charge >= 0.3 is 0 Å². The van der Waals surface area contributed by atoms with Crippen molar-refractivity contribution in [1.82, 2.24) is 4.90 Å². The highest BCUT2D eigenvalue weighted by Gasteiger charge is 2.30. The van der Waals surface area contributed by atoms with Crippen molar-refractivity contribution in [2.75, 3.05) is 18.4 Å². The van der Waals surface area contributed by atoms with Crippen LogP contribution < -0.4 is 5.32 Å². The molecule has 0 radical (unpaired) electrons. The second-order valence-corrected chi connectivity index (χ2v) is 7.33. The smallest absolute Gasteiger partial charge is 0.254 e. The number of rotatable bonds is 3. The van der Waals surface area contributed by atoms with Crippen molar-refractivity contribution in [2.24, 2.45) is 5.92 Å². The van der Waals surface area contributed by atoms with Gasteiger partial charge in [-0.2, -0.15) is 0 Å². The zero-order valence-electron chi connectivity index (χ0n) is 16.0. The van der Waals surface area contributed by atoms with Gasteiger partial charge in [-0.3, -0.25) is 9.59 Å². The average molecular weight is 412 g/mol. The zero-order valence-corrected chi connectivity index (χ0v) is 16.0. The van der Waals surface area contributed by atoms with Crippen LogP contribution in [-0.4, -0.2) is 29.8 Å². The Labute approximate surface area is 171 Å². The second kappa shape index (κ2) is 8.18. The number of benzene rings is 3. The van der Waals surface area contributed by atoms with E-state index >= 15 is 0 Å². The summed E-state index contributed by atoms with van der Waals surface area (Å²) < 4.78 is 40.4. The van der Waals surface area contributed by atoms with Crippen LogP contribution in [0.1, 0.15) is 23.2 Å². The number of likely N-dealkylation sites (tertiary alicyclic amines) is 1. The van der Waals surface area contributed by atoms with Crippen LogP contribution in [0, 0.1) is 23.4 Å². The van der Waals surface area contributed by atoms with Crippen LogP contribution in [0.15, 0.2) is 54.6 Å². The molecule has 30 heavy (non-hydrogen) atoms. The number of carbonyl (C=O) groups excluding carboxylic acids is 2. The minimum Gasteiger partial charge on any atom is -0.338 e. The predicted octanol–water partition coefficient (Wildman–Crippen LogP) is 4.75. The monoisotopic (exact) mass is 412 g/mol. The van der Waals surface area contributed by atoms with Crippen LogP contribution in [0.2, 0.25) is 0 Å². The summed E-state index contributed by atoms with van der Waals surface area (Å²) in [5, 5.41) is 4.10. The molecule has 0 bridgehead atoms. The summed E-state index contributed by atoms with van der Waals surface area (Å²) in [5.74, 6) is -5.69. The van der Waals surface area contributed by atoms with E-state index in [2.05, 4.69) is 5.32 Å². The van der Waals surface area contributed by atoms with Crippen molar-refractivity contribution in [2.45, 2.75) is 12.8 Å². The van der Waals surface area contributed by atoms with E-state index in [9.17, 15) is 22.8 Å². The largest absolute Gasteiger partial charge is 0.338 e. The molecule has 1 aliphatic heterocycles. The Morgan fingerprint density at radius 3 is 2.53 bits per heavy atom. The average Bonchev–Trinajstić information content (AvgIpc) is 2.78. The first-order chi connectivity index (χ1) is 14.5. The summed E-state index contributed by atoms with van der Waals surface area (Å²) in [7, 11) is 0. The first kappa shape index (κ1) is 19.9. The quantitative estimate of drug-likeness (QED) is 0.632. The predicted molar refractivity (Wildman–Crippen MR) is 108 cm³/mol. The maximum atomic E-state index is 13.9. The number of halogens is 3. The molecule has 1 N–H and O–H groups in total. The molecule has 1 saturated heterocycles. The molecule has 3 aromatic carbocycles. The van der Waals surface area contributed by atoms with E-state index in [0.29, 0.717) is 24.9 Å². The summed E-state index contributed by atoms with van der Waals surface area (Å²) in [4.78, 5) is 27.3. The number of amides is 2. The fourth-order valence-corrected chi connectivity index (χ4v) is 3.82. The van der Waals surface area contributed by atoms with Crippen molar-refractivity contribution in [3.8, 4) is 0 Å². The lowest BCUT2D eigenvalue weighted by Gasteiger charge is -2.32. The van der Waals surface area contributed by atoms with Gasteiger partial charge in [0.05, 0.1) is 11.6 Å². The zero-order chi connectivity index (χ0) is 21.3. The van der Waals surface area contributed by atoms with E-state index in [-0.39, 0.29) is 12.5 Å². The Morgan fingerprint density at radius 1 is 0.933 bits per heavy atom. The second-order valence-electron chi connectivity index (χ2n) is 7.33. The van der Waals surface area contributed by atoms with E-state index in [0.717, 1.165) is 22.9 Å². The third kappa shape index (κ3) is 3.75. The molecule has 0 aliphatic carbocycles. The molecule has 4 nitrogen and oxygen atoms in total. The first-order valence-corrected chi connectivity index (χ1v) is 9.67. The number of piperidine rings is 1. The molecule has 0 spiro atoms. The maximum Gasteiger partial charge on any atom is 0.254 e. The molecule has 2 amide bonds. The van der Waals surface area contributed by atoms with Crippen LogP contribution >= 0.6 is 0 Å². The van der Waals surface area contributed by atoms with Crippen LogP contribution in [-0.2, 0) is 4.79 Å². The van der Waals surface area contributed by atoms with Crippen molar-refractivity contribution >= 4 is 28.3 Å². The van der Waals surface area contributed by atoms with Crippen molar-refractivity contribution in [1.29, 1.82) is 0 Å². The highest BCUT2D eigenvalue weighted by atomic mass is 19.2. The Kier molecular flexibility index (Phi) is 5.44. The molecule has 7 heteroatoms. The van der Waals surface area contributed by atoms with Crippen molar-refractivity contribution in [3.05, 3.63) is 77.6 Å². The topological polar surface area (TPSA) is 49.4 Å². The van der Waals surface area contributed by atoms with Gasteiger partial charge in [-0.15, -0.1) is 0 Å². The Balaban J connectivity index is 1.51. The summed E-state index contributed by atoms with van der Waals surface area (Å²) in [6.07, 6.45) is 1.12. The molecule has 154 valence electrons. The van der Waals surface area contributed by atoms with Crippen LogP contribution in [0.25, 0.3) is 10.8 Å². The van der Waals surface area contributed by atoms with Gasteiger partial charge in [0.25, 0.3) is 5.91 Å². The van der Waals surface area contributed by atoms with E-state index in [1.807, 2.05) is 36.4 Å². The van der Waals surface area contributed by atoms with Crippen LogP contribution in [0.4, 0.5) is 18.9 Å². The molecular weight excluding hydrogens is 393 g/mol. The standard InChI is InChI=1S/C23H19F3N2O2/c24-18-10-11-19(21(26)20(18)25)27-22(29)15-7-4-12-28(13-15)23(30)17-9-3-6-14-5-1-2-8-16(14)17/h1-3,5-6,8-11,15H,4,7,12-13H2,(H,27,29). The van der Waals surface area contributed by atoms with Gasteiger partial charge in [-0.1, -0.05) is 36.4 Å². The number of hydrogen-bond donors (Lipinski definition) is 1. The molecule has 3 aromatic rings. The van der Waals surface area contributed by atoms with Crippen molar-refractivity contribution in [3.63, 3.8) is 0 Å². The van der Waals surface area contributed by atoms with Gasteiger partial charge in [0.15, 0.2) is 17.5 Å². The molecule has 1 aliphatic rings. The maximum absolute atomic E-state index is 13.9. The highest BCUT2D eigenvalue weighted by molar-refractivity contribution is 6.07. The van der Waals surface area contributed by atoms with Gasteiger partial charge < -0.3 is 10.2 Å². The summed E-state index contributed by atoms with van der Waals surface area (Å²) in [6.45, 7) is 0.671. The van der Waals surface area contributed by atoms with Gasteiger partial charge in [0.1, 0.15) is 0 Å². The minimum absolute atomic E-state index is 0.166. The molecule has 0 saturated carbocycles. The number of hydrogen-bond acceptors (Lipinski definition) is 2. The van der Waals surface area contributed by atoms with Crippen molar-refractivity contribution < 1.29 is 22.8 Å². The van der Waals surface area contributed by atoms with Gasteiger partial charge in [-0.05, 0) is 41.8 Å². The number of nitrogens with zero attached hydrogens (tertiary/aromatic N) is 1. The van der Waals surface area contributed by atoms with Gasteiger partial charge in [0.2, 0.25) is 5.91 Å². The molecule has 4 rings (SSSR count). The molecule has 1 fully saturated rings. The Bertz CT molecular complexity index is 1130. The molecule has 1 heterocycles. The SMILES string of the molecule is O=C(Nc1ccc(F)c(F)c1F)C1CCCN(C(=O)c2cccc3ccccc23)C1. The summed E-state index contributed by atoms with van der Waals surface area (Å²) >= 11 is 0. The van der Waals surface area contributed by atoms with E-state index in [1.54, 1.807) is 11.0 Å². The molecular formula is C23H19F3N2O2. The molecule has 1 unspecified atom stereocenters. The molecule has 1 atom stereocenters.